The van der Waals surface area contributed by atoms with Gasteiger partial charge in [-0.1, -0.05) is 87.0 Å². The lowest BCUT2D eigenvalue weighted by Crippen LogP contribution is -2.15. The van der Waals surface area contributed by atoms with Crippen LogP contribution in [0.3, 0.4) is 0 Å². The molecule has 0 aliphatic rings. The third-order valence-corrected chi connectivity index (χ3v) is 3.87. The summed E-state index contributed by atoms with van der Waals surface area (Å²) < 4.78 is 31.3. The largest absolute Gasteiger partial charge is 0.0950 e. The molecular formula is C14H26Si2. The summed E-state index contributed by atoms with van der Waals surface area (Å²) in [6.45, 7) is 12.9. The Morgan fingerprint density at radius 3 is 1.19 bits per heavy atom. The Bertz CT molecular complexity index is 417. The van der Waals surface area contributed by atoms with E-state index < -0.39 is 16.1 Å². The van der Waals surface area contributed by atoms with Crippen molar-refractivity contribution >= 4 is 16.1 Å². The maximum Gasteiger partial charge on any atom is 0.0687 e. The third-order valence-electron chi connectivity index (χ3n) is 1.54. The van der Waals surface area contributed by atoms with Crippen LogP contribution in [0.4, 0.5) is 0 Å². The summed E-state index contributed by atoms with van der Waals surface area (Å²) in [6.07, 6.45) is 3.19. The molecule has 0 unspecified atom stereocenters. The van der Waals surface area contributed by atoms with Crippen molar-refractivity contribution in [3.8, 4) is 0 Å². The molecule has 0 atom stereocenters. The van der Waals surface area contributed by atoms with Crippen LogP contribution in [0, 0.1) is 0 Å². The summed E-state index contributed by atoms with van der Waals surface area (Å²) in [4.78, 5) is 0. The molecule has 0 fully saturated rings. The quantitative estimate of drug-likeness (QED) is 0.480. The van der Waals surface area contributed by atoms with E-state index in [-0.39, 0.29) is 24.2 Å². The van der Waals surface area contributed by atoms with Gasteiger partial charge in [-0.05, 0) is 0 Å². The monoisotopic (exact) mass is 254 g/mol. The van der Waals surface area contributed by atoms with E-state index >= 15 is 0 Å². The number of rotatable bonds is 5. The zero-order valence-electron chi connectivity index (χ0n) is 15.3. The van der Waals surface area contributed by atoms with Gasteiger partial charge in [0, 0.05) is 0 Å². The minimum Gasteiger partial charge on any atom is -0.0950 e. The van der Waals surface area contributed by atoms with Gasteiger partial charge in [0.1, 0.15) is 0 Å². The van der Waals surface area contributed by atoms with E-state index in [4.69, 9.17) is 5.48 Å². The molecule has 0 aromatic carbocycles. The van der Waals surface area contributed by atoms with Crippen molar-refractivity contribution in [1.29, 1.82) is 0 Å². The van der Waals surface area contributed by atoms with Gasteiger partial charge in [-0.3, -0.25) is 0 Å². The van der Waals surface area contributed by atoms with Crippen molar-refractivity contribution < 1.29 is 5.48 Å². The van der Waals surface area contributed by atoms with Crippen LogP contribution in [0.5, 0.6) is 0 Å². The fraction of sp³-hybridized carbons (Fsp3) is 0.429. The van der Waals surface area contributed by atoms with Crippen LogP contribution in [0.1, 0.15) is 5.48 Å². The molecule has 2 heteroatoms. The molecule has 0 nitrogen and oxygen atoms in total. The average Bonchev–Trinajstić information content (AvgIpc) is 2.29. The van der Waals surface area contributed by atoms with Crippen molar-refractivity contribution in [2.75, 3.05) is 0 Å². The maximum atomic E-state index is 7.83. The fourth-order valence-corrected chi connectivity index (χ4v) is 1.91. The molecule has 0 amide bonds. The summed E-state index contributed by atoms with van der Waals surface area (Å²) in [6, 6.07) is -0.374. The number of hydrogen-bond donors (Lipinski definition) is 0. The molecule has 90 valence electrons. The van der Waals surface area contributed by atoms with Crippen LogP contribution >= 0.6 is 0 Å². The summed E-state index contributed by atoms with van der Waals surface area (Å²) in [5, 5.41) is 0. The smallest absolute Gasteiger partial charge is 0.0687 e. The van der Waals surface area contributed by atoms with Gasteiger partial charge in [0.15, 0.2) is 0 Å². The van der Waals surface area contributed by atoms with Crippen LogP contribution in [-0.2, 0) is 0 Å². The lowest BCUT2D eigenvalue weighted by molar-refractivity contribution is 1.75. The predicted octanol–water partition coefficient (Wildman–Crippen LogP) is 4.97. The fourth-order valence-electron chi connectivity index (χ4n) is 0.739. The second kappa shape index (κ2) is 6.87. The van der Waals surface area contributed by atoms with Gasteiger partial charge in [-0.15, -0.1) is 0 Å². The van der Waals surface area contributed by atoms with Gasteiger partial charge in [-0.25, -0.2) is 0 Å². The highest BCUT2D eigenvalue weighted by Gasteiger charge is 2.05. The van der Waals surface area contributed by atoms with Crippen LogP contribution in [0.25, 0.3) is 0 Å². The molecule has 0 aliphatic heterocycles. The Hall–Kier alpha value is -0.606. The van der Waals surface area contributed by atoms with E-state index in [0.717, 1.165) is 0 Å². The maximum absolute atomic E-state index is 7.83. The average molecular weight is 255 g/mol. The lowest BCUT2D eigenvalue weighted by Gasteiger charge is -2.06. The minimum atomic E-state index is -1.42. The van der Waals surface area contributed by atoms with Crippen molar-refractivity contribution in [1.82, 2.24) is 0 Å². The van der Waals surface area contributed by atoms with Gasteiger partial charge < -0.3 is 0 Å². The van der Waals surface area contributed by atoms with Crippen molar-refractivity contribution in [2.45, 2.75) is 39.3 Å². The highest BCUT2D eigenvalue weighted by atomic mass is 28.3. The minimum absolute atomic E-state index is 0.00331. The second-order valence-corrected chi connectivity index (χ2v) is 16.1. The van der Waals surface area contributed by atoms with E-state index in [2.05, 4.69) is 39.3 Å². The standard InChI is InChI=1S/C14H26Si2/c1-15(2,3)13-11-9-7-8-10-12-14-16(4,5)6/h7-14H,1-6H3/b9-7+,10-8+,13-11+,14-12+/i7D,8D,9D,10D. The van der Waals surface area contributed by atoms with E-state index in [1.807, 2.05) is 11.4 Å². The highest BCUT2D eigenvalue weighted by Crippen LogP contribution is 2.02. The Morgan fingerprint density at radius 2 is 0.938 bits per heavy atom. The Balaban J connectivity index is 5.31. The van der Waals surface area contributed by atoms with Gasteiger partial charge in [-0.2, -0.15) is 0 Å². The molecular weight excluding hydrogens is 224 g/mol. The number of allylic oxidation sites excluding steroid dienone is 6. The lowest BCUT2D eigenvalue weighted by atomic mass is 10.4. The molecule has 0 saturated carbocycles. The van der Waals surface area contributed by atoms with Crippen molar-refractivity contribution in [3.05, 3.63) is 47.8 Å². The summed E-state index contributed by atoms with van der Waals surface area (Å²) in [7, 11) is -2.84. The molecule has 0 aromatic rings. The van der Waals surface area contributed by atoms with Crippen molar-refractivity contribution in [3.63, 3.8) is 0 Å². The van der Waals surface area contributed by atoms with E-state index in [1.165, 1.54) is 0 Å². The van der Waals surface area contributed by atoms with Gasteiger partial charge in [0.25, 0.3) is 0 Å². The SMILES string of the molecule is [2H]C(/C=C/[Si](C)(C)C)=C([2H])\C([2H])=C([2H])\C=C\[Si](C)(C)C. The van der Waals surface area contributed by atoms with Crippen LogP contribution in [0.2, 0.25) is 39.3 Å². The molecule has 0 bridgehead atoms. The van der Waals surface area contributed by atoms with E-state index in [0.29, 0.717) is 0 Å². The molecule has 0 N–H and O–H groups in total. The molecule has 0 saturated heterocycles. The van der Waals surface area contributed by atoms with Gasteiger partial charge in [0.05, 0.1) is 21.6 Å². The molecule has 0 aromatic heterocycles. The summed E-state index contributed by atoms with van der Waals surface area (Å²) in [5.74, 6) is 0. The molecule has 0 aliphatic carbocycles. The zero-order chi connectivity index (χ0) is 16.1. The van der Waals surface area contributed by atoms with Crippen molar-refractivity contribution in [2.24, 2.45) is 0 Å². The van der Waals surface area contributed by atoms with E-state index in [1.54, 1.807) is 12.2 Å². The molecule has 0 heterocycles. The van der Waals surface area contributed by atoms with Gasteiger partial charge >= 0.3 is 0 Å². The molecule has 0 spiro atoms. The molecule has 0 rings (SSSR count). The van der Waals surface area contributed by atoms with Gasteiger partial charge in [0.2, 0.25) is 0 Å². The first kappa shape index (κ1) is 9.43. The van der Waals surface area contributed by atoms with Crippen LogP contribution in [-0.4, -0.2) is 16.1 Å². The first-order valence-corrected chi connectivity index (χ1v) is 12.7. The van der Waals surface area contributed by atoms with Crippen LogP contribution < -0.4 is 0 Å². The van der Waals surface area contributed by atoms with E-state index in [9.17, 15) is 0 Å². The first-order chi connectivity index (χ1) is 8.83. The summed E-state index contributed by atoms with van der Waals surface area (Å²) in [5.41, 5.74) is 3.94. The molecule has 0 radical (unpaired) electrons. The zero-order valence-corrected chi connectivity index (χ0v) is 13.3. The highest BCUT2D eigenvalue weighted by molar-refractivity contribution is 6.81. The predicted molar refractivity (Wildman–Crippen MR) is 83.3 cm³/mol. The second-order valence-electron chi connectivity index (χ2n) is 5.94. The summed E-state index contributed by atoms with van der Waals surface area (Å²) >= 11 is 0. The Kier molecular flexibility index (Phi) is 4.04. The number of hydrogen-bond acceptors (Lipinski definition) is 0. The Morgan fingerprint density at radius 1 is 0.625 bits per heavy atom. The first-order valence-electron chi connectivity index (χ1n) is 7.57. The molecule has 16 heavy (non-hydrogen) atoms. The normalized spacial score (nSPS) is 21.1. The third kappa shape index (κ3) is 13.4. The topological polar surface area (TPSA) is 0 Å². The Labute approximate surface area is 109 Å². The van der Waals surface area contributed by atoms with Crippen LogP contribution in [0.15, 0.2) is 47.8 Å².